The van der Waals surface area contributed by atoms with Crippen LogP contribution in [0.3, 0.4) is 0 Å². The van der Waals surface area contributed by atoms with Gasteiger partial charge in [0.05, 0.1) is 0 Å². The molecule has 0 aromatic heterocycles. The van der Waals surface area contributed by atoms with Crippen LogP contribution in [0.5, 0.6) is 0 Å². The maximum Gasteiger partial charge on any atom is 0.0249 e. The Morgan fingerprint density at radius 2 is 2.00 bits per heavy atom. The minimum absolute atomic E-state index is 0.479. The second-order valence-corrected chi connectivity index (χ2v) is 4.31. The highest BCUT2D eigenvalue weighted by atomic mass is 15.2. The quantitative estimate of drug-likeness (QED) is 0.671. The molecular formula is C10H20N2. The van der Waals surface area contributed by atoms with E-state index in [2.05, 4.69) is 11.8 Å². The first-order valence-electron chi connectivity index (χ1n) is 5.32. The van der Waals surface area contributed by atoms with E-state index in [9.17, 15) is 0 Å². The molecule has 12 heavy (non-hydrogen) atoms. The first kappa shape index (κ1) is 8.52. The molecule has 0 aromatic carbocycles. The minimum Gasteiger partial charge on any atom is -0.326 e. The molecule has 2 bridgehead atoms. The van der Waals surface area contributed by atoms with Crippen molar-refractivity contribution in [3.63, 3.8) is 0 Å². The fourth-order valence-electron chi connectivity index (χ4n) is 2.86. The summed E-state index contributed by atoms with van der Waals surface area (Å²) in [7, 11) is 0. The number of fused-ring (bicyclic) bond motifs is 3. The summed E-state index contributed by atoms with van der Waals surface area (Å²) in [6.45, 7) is 4.88. The molecule has 70 valence electrons. The van der Waals surface area contributed by atoms with Gasteiger partial charge in [-0.3, -0.25) is 4.90 Å². The summed E-state index contributed by atoms with van der Waals surface area (Å²) in [6, 6.07) is 1.19. The lowest BCUT2D eigenvalue weighted by molar-refractivity contribution is 0.0240. The molecule has 2 N–H and O–H groups in total. The molecule has 0 aliphatic carbocycles. The molecular weight excluding hydrogens is 148 g/mol. The van der Waals surface area contributed by atoms with E-state index < -0.39 is 0 Å². The van der Waals surface area contributed by atoms with Crippen molar-refractivity contribution >= 4 is 0 Å². The topological polar surface area (TPSA) is 29.3 Å². The van der Waals surface area contributed by atoms with Crippen molar-refractivity contribution in [3.8, 4) is 0 Å². The molecule has 0 spiro atoms. The monoisotopic (exact) mass is 168 g/mol. The average molecular weight is 168 g/mol. The Bertz CT molecular complexity index is 148. The normalized spacial score (nSPS) is 46.5. The third kappa shape index (κ3) is 1.27. The number of piperidine rings is 3. The van der Waals surface area contributed by atoms with Crippen molar-refractivity contribution in [3.05, 3.63) is 0 Å². The van der Waals surface area contributed by atoms with Crippen LogP contribution >= 0.6 is 0 Å². The van der Waals surface area contributed by atoms with Crippen molar-refractivity contribution in [2.45, 2.75) is 44.7 Å². The van der Waals surface area contributed by atoms with Gasteiger partial charge in [-0.25, -0.2) is 0 Å². The third-order valence-corrected chi connectivity index (χ3v) is 3.62. The molecule has 3 aliphatic heterocycles. The lowest BCUT2D eigenvalue weighted by atomic mass is 9.78. The standard InChI is InChI=1S/C10H20N2/c1-2-3-9-10(11)8-4-6-12(9)7-5-8/h8-10H,2-7,11H2,1H3. The molecule has 2 unspecified atom stereocenters. The summed E-state index contributed by atoms with van der Waals surface area (Å²) >= 11 is 0. The zero-order valence-corrected chi connectivity index (χ0v) is 8.00. The van der Waals surface area contributed by atoms with Gasteiger partial charge in [-0.2, -0.15) is 0 Å². The summed E-state index contributed by atoms with van der Waals surface area (Å²) in [5.74, 6) is 0.839. The molecule has 3 saturated heterocycles. The molecule has 0 saturated carbocycles. The highest BCUT2D eigenvalue weighted by molar-refractivity contribution is 4.96. The van der Waals surface area contributed by atoms with Crippen LogP contribution in [0, 0.1) is 5.92 Å². The van der Waals surface area contributed by atoms with Gasteiger partial charge in [0.15, 0.2) is 0 Å². The maximum absolute atomic E-state index is 6.21. The van der Waals surface area contributed by atoms with E-state index in [1.54, 1.807) is 0 Å². The number of hydrogen-bond donors (Lipinski definition) is 1. The Labute approximate surface area is 75.1 Å². The molecule has 0 aromatic rings. The van der Waals surface area contributed by atoms with Crippen molar-refractivity contribution in [1.29, 1.82) is 0 Å². The Morgan fingerprint density at radius 1 is 1.33 bits per heavy atom. The first-order valence-corrected chi connectivity index (χ1v) is 5.32. The molecule has 2 nitrogen and oxygen atoms in total. The van der Waals surface area contributed by atoms with Gasteiger partial charge in [-0.1, -0.05) is 13.3 Å². The zero-order valence-electron chi connectivity index (χ0n) is 8.00. The summed E-state index contributed by atoms with van der Waals surface area (Å²) in [4.78, 5) is 2.61. The number of nitrogens with two attached hydrogens (primary N) is 1. The first-order chi connectivity index (χ1) is 5.83. The molecule has 2 heteroatoms. The Morgan fingerprint density at radius 3 is 2.50 bits per heavy atom. The SMILES string of the molecule is CCCC1C(N)C2CCN1CC2. The van der Waals surface area contributed by atoms with Gasteiger partial charge in [0.25, 0.3) is 0 Å². The summed E-state index contributed by atoms with van der Waals surface area (Å²) in [5, 5.41) is 0. The zero-order chi connectivity index (χ0) is 8.55. The fourth-order valence-corrected chi connectivity index (χ4v) is 2.86. The van der Waals surface area contributed by atoms with Crippen LogP contribution in [-0.2, 0) is 0 Å². The molecule has 0 radical (unpaired) electrons. The molecule has 3 aliphatic rings. The smallest absolute Gasteiger partial charge is 0.0249 e. The molecule has 3 heterocycles. The predicted molar refractivity (Wildman–Crippen MR) is 51.0 cm³/mol. The second kappa shape index (κ2) is 3.35. The van der Waals surface area contributed by atoms with E-state index in [4.69, 9.17) is 5.73 Å². The molecule has 2 atom stereocenters. The Balaban J connectivity index is 2.02. The third-order valence-electron chi connectivity index (χ3n) is 3.62. The van der Waals surface area contributed by atoms with E-state index in [0.717, 1.165) is 5.92 Å². The van der Waals surface area contributed by atoms with Gasteiger partial charge < -0.3 is 5.73 Å². The molecule has 0 amide bonds. The van der Waals surface area contributed by atoms with Crippen molar-refractivity contribution in [2.24, 2.45) is 11.7 Å². The van der Waals surface area contributed by atoms with Crippen LogP contribution in [0.1, 0.15) is 32.6 Å². The lowest BCUT2D eigenvalue weighted by Gasteiger charge is -2.49. The van der Waals surface area contributed by atoms with Gasteiger partial charge in [-0.15, -0.1) is 0 Å². The van der Waals surface area contributed by atoms with Gasteiger partial charge in [0.2, 0.25) is 0 Å². The predicted octanol–water partition coefficient (Wildman–Crippen LogP) is 1.21. The Kier molecular flexibility index (Phi) is 2.37. The Hall–Kier alpha value is -0.0800. The van der Waals surface area contributed by atoms with Crippen LogP contribution in [-0.4, -0.2) is 30.1 Å². The molecule has 3 fully saturated rings. The van der Waals surface area contributed by atoms with E-state index in [1.807, 2.05) is 0 Å². The fraction of sp³-hybridized carbons (Fsp3) is 1.00. The number of rotatable bonds is 2. The van der Waals surface area contributed by atoms with Gasteiger partial charge >= 0.3 is 0 Å². The van der Waals surface area contributed by atoms with Gasteiger partial charge in [0.1, 0.15) is 0 Å². The van der Waals surface area contributed by atoms with Crippen LogP contribution in [0.4, 0.5) is 0 Å². The largest absolute Gasteiger partial charge is 0.326 e. The number of hydrogen-bond acceptors (Lipinski definition) is 2. The summed E-state index contributed by atoms with van der Waals surface area (Å²) in [5.41, 5.74) is 6.21. The van der Waals surface area contributed by atoms with E-state index >= 15 is 0 Å². The van der Waals surface area contributed by atoms with Crippen molar-refractivity contribution in [1.82, 2.24) is 4.90 Å². The van der Waals surface area contributed by atoms with Gasteiger partial charge in [-0.05, 0) is 38.3 Å². The van der Waals surface area contributed by atoms with E-state index in [-0.39, 0.29) is 0 Å². The van der Waals surface area contributed by atoms with Crippen LogP contribution in [0.2, 0.25) is 0 Å². The number of nitrogens with zero attached hydrogens (tertiary/aromatic N) is 1. The highest BCUT2D eigenvalue weighted by Gasteiger charge is 2.39. The van der Waals surface area contributed by atoms with Crippen molar-refractivity contribution in [2.75, 3.05) is 13.1 Å². The van der Waals surface area contributed by atoms with Crippen molar-refractivity contribution < 1.29 is 0 Å². The van der Waals surface area contributed by atoms with E-state index in [1.165, 1.54) is 38.8 Å². The summed E-state index contributed by atoms with van der Waals surface area (Å²) < 4.78 is 0. The van der Waals surface area contributed by atoms with Crippen LogP contribution in [0.15, 0.2) is 0 Å². The average Bonchev–Trinajstić information content (AvgIpc) is 2.12. The summed E-state index contributed by atoms with van der Waals surface area (Å²) in [6.07, 6.45) is 5.28. The van der Waals surface area contributed by atoms with Gasteiger partial charge in [0, 0.05) is 12.1 Å². The lowest BCUT2D eigenvalue weighted by Crippen LogP contribution is -2.61. The maximum atomic E-state index is 6.21. The molecule has 3 rings (SSSR count). The van der Waals surface area contributed by atoms with Crippen LogP contribution in [0.25, 0.3) is 0 Å². The van der Waals surface area contributed by atoms with Crippen LogP contribution < -0.4 is 5.73 Å². The second-order valence-electron chi connectivity index (χ2n) is 4.31. The van der Waals surface area contributed by atoms with E-state index in [0.29, 0.717) is 12.1 Å². The highest BCUT2D eigenvalue weighted by Crippen LogP contribution is 2.32. The minimum atomic E-state index is 0.479.